The Kier molecular flexibility index (Phi) is 7.13. The number of hydrogen-bond donors (Lipinski definition) is 2. The van der Waals surface area contributed by atoms with E-state index in [-0.39, 0.29) is 11.0 Å². The molecular formula is C20H22ClN3O4S. The Bertz CT molecular complexity index is 903. The summed E-state index contributed by atoms with van der Waals surface area (Å²) in [5.41, 5.74) is 1.95. The van der Waals surface area contributed by atoms with Gasteiger partial charge >= 0.3 is 0 Å². The Labute approximate surface area is 179 Å². The summed E-state index contributed by atoms with van der Waals surface area (Å²) >= 11 is 11.8. The van der Waals surface area contributed by atoms with Crippen LogP contribution in [0.2, 0.25) is 5.02 Å². The minimum atomic E-state index is -0.363. The highest BCUT2D eigenvalue weighted by Crippen LogP contribution is 2.34. The summed E-state index contributed by atoms with van der Waals surface area (Å²) in [7, 11) is 3.05. The highest BCUT2D eigenvalue weighted by atomic mass is 35.5. The number of anilines is 2. The quantitative estimate of drug-likeness (QED) is 0.698. The summed E-state index contributed by atoms with van der Waals surface area (Å²) in [5.74, 6) is 0.640. The number of thiocarbonyl (C=S) groups is 1. The van der Waals surface area contributed by atoms with E-state index >= 15 is 0 Å². The van der Waals surface area contributed by atoms with Gasteiger partial charge in [-0.25, -0.2) is 0 Å². The van der Waals surface area contributed by atoms with Gasteiger partial charge in [0.05, 0.1) is 43.8 Å². The van der Waals surface area contributed by atoms with Crippen LogP contribution in [0.25, 0.3) is 0 Å². The van der Waals surface area contributed by atoms with Crippen LogP contribution in [0.15, 0.2) is 36.4 Å². The fourth-order valence-corrected chi connectivity index (χ4v) is 3.53. The van der Waals surface area contributed by atoms with E-state index in [1.165, 1.54) is 14.2 Å². The zero-order valence-corrected chi connectivity index (χ0v) is 17.7. The lowest BCUT2D eigenvalue weighted by atomic mass is 10.2. The lowest BCUT2D eigenvalue weighted by Gasteiger charge is -2.31. The van der Waals surface area contributed by atoms with Crippen LogP contribution in [0.4, 0.5) is 11.4 Å². The van der Waals surface area contributed by atoms with Gasteiger partial charge in [-0.1, -0.05) is 17.7 Å². The minimum absolute atomic E-state index is 0.168. The standard InChI is InChI=1S/C20H22ClN3O4S/c1-26-16-7-6-13(12-17(16)27-2)19(25)23-20(29)22-15-5-3-4-14(21)18(15)24-8-10-28-11-9-24/h3-7,12H,8-11H2,1-2H3,(H2,22,23,25,29). The number of nitrogens with one attached hydrogen (secondary N) is 2. The molecule has 2 aromatic carbocycles. The van der Waals surface area contributed by atoms with Crippen LogP contribution in [-0.4, -0.2) is 51.5 Å². The van der Waals surface area contributed by atoms with Gasteiger partial charge in [0.25, 0.3) is 5.91 Å². The number of nitrogens with zero attached hydrogens (tertiary/aromatic N) is 1. The molecule has 0 aliphatic carbocycles. The lowest BCUT2D eigenvalue weighted by molar-refractivity contribution is 0.0977. The zero-order chi connectivity index (χ0) is 20.8. The van der Waals surface area contributed by atoms with Crippen molar-refractivity contribution in [3.63, 3.8) is 0 Å². The van der Waals surface area contributed by atoms with Crippen molar-refractivity contribution in [3.05, 3.63) is 47.0 Å². The molecule has 1 saturated heterocycles. The van der Waals surface area contributed by atoms with E-state index in [4.69, 9.17) is 38.0 Å². The van der Waals surface area contributed by atoms with Crippen molar-refractivity contribution in [1.29, 1.82) is 0 Å². The highest BCUT2D eigenvalue weighted by Gasteiger charge is 2.19. The second-order valence-electron chi connectivity index (χ2n) is 6.21. The maximum absolute atomic E-state index is 12.6. The summed E-state index contributed by atoms with van der Waals surface area (Å²) in [5, 5.41) is 6.53. The molecule has 0 aromatic heterocycles. The Morgan fingerprint density at radius 1 is 1.14 bits per heavy atom. The zero-order valence-electron chi connectivity index (χ0n) is 16.2. The first kappa shape index (κ1) is 21.2. The first-order chi connectivity index (χ1) is 14.0. The van der Waals surface area contributed by atoms with Crippen molar-refractivity contribution in [2.24, 2.45) is 0 Å². The smallest absolute Gasteiger partial charge is 0.257 e. The number of carbonyl (C=O) groups excluding carboxylic acids is 1. The largest absolute Gasteiger partial charge is 0.493 e. The molecule has 7 nitrogen and oxygen atoms in total. The molecule has 3 rings (SSSR count). The van der Waals surface area contributed by atoms with Crippen LogP contribution in [0.3, 0.4) is 0 Å². The van der Waals surface area contributed by atoms with Crippen molar-refractivity contribution < 1.29 is 19.0 Å². The van der Waals surface area contributed by atoms with E-state index in [0.717, 1.165) is 24.5 Å². The molecule has 0 unspecified atom stereocenters. The molecule has 0 saturated carbocycles. The van der Waals surface area contributed by atoms with Gasteiger partial charge in [-0.15, -0.1) is 0 Å². The molecule has 29 heavy (non-hydrogen) atoms. The number of para-hydroxylation sites is 1. The van der Waals surface area contributed by atoms with Gasteiger partial charge in [-0.05, 0) is 42.5 Å². The highest BCUT2D eigenvalue weighted by molar-refractivity contribution is 7.80. The van der Waals surface area contributed by atoms with Crippen molar-refractivity contribution in [1.82, 2.24) is 5.32 Å². The summed E-state index contributed by atoms with van der Waals surface area (Å²) in [6.07, 6.45) is 0. The number of halogens is 1. The third-order valence-electron chi connectivity index (χ3n) is 4.44. The van der Waals surface area contributed by atoms with E-state index in [1.54, 1.807) is 18.2 Å². The molecule has 1 heterocycles. The Morgan fingerprint density at radius 2 is 1.86 bits per heavy atom. The number of hydrogen-bond acceptors (Lipinski definition) is 6. The topological polar surface area (TPSA) is 72.1 Å². The molecule has 0 bridgehead atoms. The summed E-state index contributed by atoms with van der Waals surface area (Å²) in [6, 6.07) is 10.4. The second-order valence-corrected chi connectivity index (χ2v) is 7.03. The van der Waals surface area contributed by atoms with E-state index in [0.29, 0.717) is 35.3 Å². The molecule has 154 valence electrons. The molecule has 0 spiro atoms. The first-order valence-electron chi connectivity index (χ1n) is 8.99. The third-order valence-corrected chi connectivity index (χ3v) is 4.94. The lowest BCUT2D eigenvalue weighted by Crippen LogP contribution is -2.38. The van der Waals surface area contributed by atoms with E-state index in [9.17, 15) is 4.79 Å². The van der Waals surface area contributed by atoms with Crippen LogP contribution in [0.5, 0.6) is 11.5 Å². The van der Waals surface area contributed by atoms with Crippen LogP contribution in [0, 0.1) is 0 Å². The van der Waals surface area contributed by atoms with Gasteiger partial charge in [0.1, 0.15) is 0 Å². The van der Waals surface area contributed by atoms with Gasteiger partial charge in [0, 0.05) is 18.7 Å². The van der Waals surface area contributed by atoms with Gasteiger partial charge in [-0.3, -0.25) is 10.1 Å². The summed E-state index contributed by atoms with van der Waals surface area (Å²) in [6.45, 7) is 2.71. The fraction of sp³-hybridized carbons (Fsp3) is 0.300. The number of morpholine rings is 1. The Hall–Kier alpha value is -2.55. The maximum atomic E-state index is 12.6. The maximum Gasteiger partial charge on any atom is 0.257 e. The molecule has 1 aliphatic heterocycles. The van der Waals surface area contributed by atoms with Crippen molar-refractivity contribution in [3.8, 4) is 11.5 Å². The molecule has 0 atom stereocenters. The number of ether oxygens (including phenoxy) is 3. The average molecular weight is 436 g/mol. The number of benzene rings is 2. The van der Waals surface area contributed by atoms with Crippen LogP contribution >= 0.6 is 23.8 Å². The van der Waals surface area contributed by atoms with E-state index in [2.05, 4.69) is 15.5 Å². The van der Waals surface area contributed by atoms with Gasteiger partial charge in [0.15, 0.2) is 16.6 Å². The molecule has 2 N–H and O–H groups in total. The predicted octanol–water partition coefficient (Wildman–Crippen LogP) is 3.32. The van der Waals surface area contributed by atoms with E-state index < -0.39 is 0 Å². The predicted molar refractivity (Wildman–Crippen MR) is 118 cm³/mol. The van der Waals surface area contributed by atoms with Gasteiger partial charge < -0.3 is 24.4 Å². The number of rotatable bonds is 5. The van der Waals surface area contributed by atoms with Crippen molar-refractivity contribution >= 4 is 46.2 Å². The second kappa shape index (κ2) is 9.78. The number of carbonyl (C=O) groups is 1. The van der Waals surface area contributed by atoms with Crippen molar-refractivity contribution in [2.45, 2.75) is 0 Å². The monoisotopic (exact) mass is 435 g/mol. The number of amides is 1. The van der Waals surface area contributed by atoms with Crippen LogP contribution in [0.1, 0.15) is 10.4 Å². The minimum Gasteiger partial charge on any atom is -0.493 e. The third kappa shape index (κ3) is 5.09. The molecule has 9 heteroatoms. The van der Waals surface area contributed by atoms with Crippen LogP contribution < -0.4 is 25.0 Å². The molecule has 0 radical (unpaired) electrons. The molecule has 1 aliphatic rings. The molecule has 1 amide bonds. The van der Waals surface area contributed by atoms with Crippen LogP contribution in [-0.2, 0) is 4.74 Å². The Morgan fingerprint density at radius 3 is 2.55 bits per heavy atom. The normalized spacial score (nSPS) is 13.6. The van der Waals surface area contributed by atoms with Crippen molar-refractivity contribution in [2.75, 3.05) is 50.7 Å². The van der Waals surface area contributed by atoms with E-state index in [1.807, 2.05) is 18.2 Å². The molecule has 1 fully saturated rings. The van der Waals surface area contributed by atoms with Gasteiger partial charge in [-0.2, -0.15) is 0 Å². The average Bonchev–Trinajstić information content (AvgIpc) is 2.73. The molecule has 2 aromatic rings. The Balaban J connectivity index is 1.73. The SMILES string of the molecule is COc1ccc(C(=O)NC(=S)Nc2cccc(Cl)c2N2CCOCC2)cc1OC. The molecular weight excluding hydrogens is 414 g/mol. The number of methoxy groups -OCH3 is 2. The fourth-order valence-electron chi connectivity index (χ4n) is 3.03. The van der Waals surface area contributed by atoms with Gasteiger partial charge in [0.2, 0.25) is 0 Å². The first-order valence-corrected chi connectivity index (χ1v) is 9.77. The summed E-state index contributed by atoms with van der Waals surface area (Å²) in [4.78, 5) is 14.7. The summed E-state index contributed by atoms with van der Waals surface area (Å²) < 4.78 is 15.8.